The number of fused-ring (bicyclic) bond motifs is 1. The molecule has 12 heteroatoms. The maximum Gasteiger partial charge on any atom is 0.416 e. The Balaban J connectivity index is 1.34. The van der Waals surface area contributed by atoms with Crippen molar-refractivity contribution in [3.63, 3.8) is 0 Å². The molecule has 0 fully saturated rings. The number of halogens is 3. The van der Waals surface area contributed by atoms with Crippen molar-refractivity contribution < 1.29 is 27.5 Å². The highest BCUT2D eigenvalue weighted by molar-refractivity contribution is 7.18. The Morgan fingerprint density at radius 3 is 2.41 bits per heavy atom. The minimum Gasteiger partial charge on any atom is -0.497 e. The van der Waals surface area contributed by atoms with E-state index in [1.807, 2.05) is 24.3 Å². The maximum absolute atomic E-state index is 13.3. The zero-order valence-electron chi connectivity index (χ0n) is 21.7. The largest absolute Gasteiger partial charge is 0.497 e. The molecule has 0 bridgehead atoms. The van der Waals surface area contributed by atoms with E-state index in [2.05, 4.69) is 25.9 Å². The van der Waals surface area contributed by atoms with Crippen LogP contribution in [-0.2, 0) is 6.18 Å². The van der Waals surface area contributed by atoms with Crippen LogP contribution in [-0.4, -0.2) is 28.9 Å². The number of hydrogen-bond acceptors (Lipinski definition) is 7. The molecule has 0 aliphatic rings. The van der Waals surface area contributed by atoms with Crippen LogP contribution in [0.15, 0.2) is 78.4 Å². The highest BCUT2D eigenvalue weighted by Crippen LogP contribution is 2.33. The van der Waals surface area contributed by atoms with Crippen LogP contribution in [0.2, 0.25) is 0 Å². The minimum atomic E-state index is -4.54. The summed E-state index contributed by atoms with van der Waals surface area (Å²) in [6, 6.07) is 16.3. The van der Waals surface area contributed by atoms with Crippen LogP contribution in [0.3, 0.4) is 0 Å². The van der Waals surface area contributed by atoms with Gasteiger partial charge in [0.15, 0.2) is 5.82 Å². The SMILES string of the molecule is COc1ccc(Nc2ncnc3c(C(=O)Nc4cc(C(=O)Nc5cccc(C(F)(F)F)c5)ccc4C)csc23)cc1. The van der Waals surface area contributed by atoms with E-state index in [-0.39, 0.29) is 11.3 Å². The number of aryl methyl sites for hydroxylation is 1. The van der Waals surface area contributed by atoms with Gasteiger partial charge in [-0.05, 0) is 67.1 Å². The molecule has 2 aromatic heterocycles. The molecule has 0 saturated heterocycles. The summed E-state index contributed by atoms with van der Waals surface area (Å²) in [6.45, 7) is 1.76. The van der Waals surface area contributed by atoms with Crippen molar-refractivity contribution in [1.82, 2.24) is 9.97 Å². The van der Waals surface area contributed by atoms with Gasteiger partial charge in [-0.3, -0.25) is 9.59 Å². The number of carbonyl (C=O) groups is 2. The van der Waals surface area contributed by atoms with Gasteiger partial charge < -0.3 is 20.7 Å². The van der Waals surface area contributed by atoms with E-state index in [1.165, 1.54) is 41.9 Å². The van der Waals surface area contributed by atoms with Crippen molar-refractivity contribution in [2.75, 3.05) is 23.1 Å². The number of hydrogen-bond donors (Lipinski definition) is 3. The molecule has 3 N–H and O–H groups in total. The van der Waals surface area contributed by atoms with Crippen molar-refractivity contribution >= 4 is 56.2 Å². The predicted molar refractivity (Wildman–Crippen MR) is 152 cm³/mol. The van der Waals surface area contributed by atoms with E-state index in [0.717, 1.165) is 17.8 Å². The van der Waals surface area contributed by atoms with Gasteiger partial charge >= 0.3 is 6.18 Å². The molecule has 0 unspecified atom stereocenters. The number of carbonyl (C=O) groups excluding carboxylic acids is 2. The van der Waals surface area contributed by atoms with Crippen LogP contribution in [0.5, 0.6) is 5.75 Å². The first-order valence-electron chi connectivity index (χ1n) is 12.2. The average Bonchev–Trinajstić information content (AvgIpc) is 3.40. The van der Waals surface area contributed by atoms with Crippen LogP contribution < -0.4 is 20.7 Å². The quantitative estimate of drug-likeness (QED) is 0.188. The number of methoxy groups -OCH3 is 1. The minimum absolute atomic E-state index is 0.000494. The molecule has 3 aromatic carbocycles. The number of thiophene rings is 1. The summed E-state index contributed by atoms with van der Waals surface area (Å²) in [5, 5.41) is 10.2. The monoisotopic (exact) mass is 577 g/mol. The fourth-order valence-corrected chi connectivity index (χ4v) is 4.92. The molecule has 2 heterocycles. The number of amides is 2. The lowest BCUT2D eigenvalue weighted by Crippen LogP contribution is -2.16. The number of aromatic nitrogens is 2. The van der Waals surface area contributed by atoms with Crippen LogP contribution in [0, 0.1) is 6.92 Å². The highest BCUT2D eigenvalue weighted by atomic mass is 32.1. The average molecular weight is 578 g/mol. The molecule has 0 saturated carbocycles. The Hall–Kier alpha value is -4.97. The van der Waals surface area contributed by atoms with Gasteiger partial charge in [0.2, 0.25) is 0 Å². The van der Waals surface area contributed by atoms with Gasteiger partial charge in [0.1, 0.15) is 12.1 Å². The normalized spacial score (nSPS) is 11.2. The van der Waals surface area contributed by atoms with Crippen LogP contribution in [0.4, 0.5) is 36.1 Å². The Kier molecular flexibility index (Phi) is 7.58. The first kappa shape index (κ1) is 27.6. The molecular weight excluding hydrogens is 555 g/mol. The van der Waals surface area contributed by atoms with E-state index < -0.39 is 23.6 Å². The molecule has 0 radical (unpaired) electrons. The van der Waals surface area contributed by atoms with Gasteiger partial charge in [-0.25, -0.2) is 9.97 Å². The van der Waals surface area contributed by atoms with E-state index in [4.69, 9.17) is 4.74 Å². The first-order chi connectivity index (χ1) is 19.6. The number of nitrogens with zero attached hydrogens (tertiary/aromatic N) is 2. The predicted octanol–water partition coefficient (Wildman–Crippen LogP) is 7.28. The molecule has 0 aliphatic carbocycles. The Labute approximate surface area is 236 Å². The zero-order valence-corrected chi connectivity index (χ0v) is 22.5. The zero-order chi connectivity index (χ0) is 29.1. The highest BCUT2D eigenvalue weighted by Gasteiger charge is 2.30. The van der Waals surface area contributed by atoms with Gasteiger partial charge in [0.25, 0.3) is 11.8 Å². The summed E-state index contributed by atoms with van der Waals surface area (Å²) >= 11 is 1.31. The fraction of sp³-hybridized carbons (Fsp3) is 0.103. The van der Waals surface area contributed by atoms with Crippen LogP contribution in [0.25, 0.3) is 10.2 Å². The molecule has 5 aromatic rings. The van der Waals surface area contributed by atoms with Gasteiger partial charge in [-0.15, -0.1) is 11.3 Å². The number of anilines is 4. The second-order valence-corrected chi connectivity index (χ2v) is 9.80. The second kappa shape index (κ2) is 11.3. The summed E-state index contributed by atoms with van der Waals surface area (Å²) in [6.07, 6.45) is -3.17. The topological polar surface area (TPSA) is 105 Å². The van der Waals surface area contributed by atoms with Gasteiger partial charge in [-0.1, -0.05) is 12.1 Å². The molecule has 0 atom stereocenters. The van der Waals surface area contributed by atoms with E-state index in [1.54, 1.807) is 25.5 Å². The smallest absolute Gasteiger partial charge is 0.416 e. The summed E-state index contributed by atoms with van der Waals surface area (Å²) < 4.78 is 45.0. The van der Waals surface area contributed by atoms with Gasteiger partial charge in [0, 0.05) is 28.0 Å². The Morgan fingerprint density at radius 2 is 1.68 bits per heavy atom. The third-order valence-corrected chi connectivity index (χ3v) is 7.12. The number of nitrogens with one attached hydrogen (secondary N) is 3. The molecule has 5 rings (SSSR count). The van der Waals surface area contributed by atoms with Gasteiger partial charge in [-0.2, -0.15) is 13.2 Å². The molecule has 0 aliphatic heterocycles. The molecule has 0 spiro atoms. The number of rotatable bonds is 7. The lowest BCUT2D eigenvalue weighted by molar-refractivity contribution is -0.137. The third-order valence-electron chi connectivity index (χ3n) is 6.15. The second-order valence-electron chi connectivity index (χ2n) is 8.92. The van der Waals surface area contributed by atoms with Crippen molar-refractivity contribution in [2.24, 2.45) is 0 Å². The van der Waals surface area contributed by atoms with Crippen LogP contribution in [0.1, 0.15) is 31.8 Å². The van der Waals surface area contributed by atoms with Crippen molar-refractivity contribution in [3.05, 3.63) is 101 Å². The first-order valence-corrected chi connectivity index (χ1v) is 13.0. The van der Waals surface area contributed by atoms with Gasteiger partial charge in [0.05, 0.1) is 28.5 Å². The maximum atomic E-state index is 13.3. The lowest BCUT2D eigenvalue weighted by atomic mass is 10.1. The number of ether oxygens (including phenoxy) is 1. The number of benzene rings is 3. The Bertz CT molecular complexity index is 1750. The van der Waals surface area contributed by atoms with Crippen molar-refractivity contribution in [1.29, 1.82) is 0 Å². The molecule has 8 nitrogen and oxygen atoms in total. The molecule has 41 heavy (non-hydrogen) atoms. The van der Waals surface area contributed by atoms with E-state index in [9.17, 15) is 22.8 Å². The molecular formula is C29H22F3N5O3S. The third kappa shape index (κ3) is 6.12. The summed E-state index contributed by atoms with van der Waals surface area (Å²) in [5.41, 5.74) is 1.90. The Morgan fingerprint density at radius 1 is 0.902 bits per heavy atom. The van der Waals surface area contributed by atoms with Crippen LogP contribution >= 0.6 is 11.3 Å². The van der Waals surface area contributed by atoms with E-state index in [0.29, 0.717) is 38.6 Å². The molecule has 2 amide bonds. The van der Waals surface area contributed by atoms with E-state index >= 15 is 0 Å². The summed E-state index contributed by atoms with van der Waals surface area (Å²) in [4.78, 5) is 34.7. The summed E-state index contributed by atoms with van der Waals surface area (Å²) in [7, 11) is 1.59. The lowest BCUT2D eigenvalue weighted by Gasteiger charge is -2.12. The summed E-state index contributed by atoms with van der Waals surface area (Å²) in [5.74, 6) is 0.186. The standard InChI is InChI=1S/C29H22F3N5O3S/c1-16-6-7-17(27(38)36-20-5-3-4-18(13-20)29(30,31)32)12-23(16)37-28(39)22-14-41-25-24(22)33-15-34-26(25)35-19-8-10-21(40-2)11-9-19/h3-15H,1-2H3,(H,36,38)(H,37,39)(H,33,34,35). The molecule has 208 valence electrons. The number of alkyl halides is 3. The fourth-order valence-electron chi connectivity index (χ4n) is 3.98. The van der Waals surface area contributed by atoms with Crippen molar-refractivity contribution in [2.45, 2.75) is 13.1 Å². The van der Waals surface area contributed by atoms with Crippen molar-refractivity contribution in [3.8, 4) is 5.75 Å².